The molecule has 1 aromatic rings. The molecular weight excluding hydrogens is 656 g/mol. The molecule has 9 atom stereocenters. The van der Waals surface area contributed by atoms with E-state index in [-0.39, 0.29) is 61.1 Å². The van der Waals surface area contributed by atoms with E-state index in [1.165, 1.54) is 0 Å². The Bertz CT molecular complexity index is 1570. The Kier molecular flexibility index (Phi) is 11.3. The lowest BCUT2D eigenvalue weighted by Crippen LogP contribution is -2.62. The number of amides is 2. The van der Waals surface area contributed by atoms with Gasteiger partial charge in [0.25, 0.3) is 0 Å². The topological polar surface area (TPSA) is 196 Å². The zero-order valence-electron chi connectivity index (χ0n) is 30.0. The lowest BCUT2D eigenvalue weighted by atomic mass is 9.45. The van der Waals surface area contributed by atoms with E-state index >= 15 is 0 Å². The summed E-state index contributed by atoms with van der Waals surface area (Å²) in [6, 6.07) is 6.57. The van der Waals surface area contributed by atoms with Crippen LogP contribution in [0.1, 0.15) is 91.0 Å². The summed E-state index contributed by atoms with van der Waals surface area (Å²) in [4.78, 5) is 76.1. The lowest BCUT2D eigenvalue weighted by molar-refractivity contribution is -0.184. The van der Waals surface area contributed by atoms with Crippen molar-refractivity contribution in [2.24, 2.45) is 34.5 Å². The van der Waals surface area contributed by atoms with Gasteiger partial charge in [0.15, 0.2) is 12.4 Å². The molecule has 0 aromatic heterocycles. The molecule has 5 rings (SSSR count). The summed E-state index contributed by atoms with van der Waals surface area (Å²) in [5.41, 5.74) is -1.20. The Balaban J connectivity index is 1.13. The van der Waals surface area contributed by atoms with Crippen LogP contribution in [0.3, 0.4) is 0 Å². The van der Waals surface area contributed by atoms with Crippen molar-refractivity contribution in [3.05, 3.63) is 47.5 Å². The summed E-state index contributed by atoms with van der Waals surface area (Å²) in [6.07, 6.45) is 3.98. The van der Waals surface area contributed by atoms with Gasteiger partial charge in [-0.15, -0.1) is 0 Å². The fraction of sp³-hybridized carbons (Fsp3) is 0.641. The summed E-state index contributed by atoms with van der Waals surface area (Å²) in [7, 11) is 0. The van der Waals surface area contributed by atoms with Gasteiger partial charge in [-0.2, -0.15) is 0 Å². The van der Waals surface area contributed by atoms with Crippen LogP contribution >= 0.6 is 0 Å². The predicted molar refractivity (Wildman–Crippen MR) is 185 cm³/mol. The minimum atomic E-state index is -1.80. The van der Waals surface area contributed by atoms with Crippen molar-refractivity contribution >= 4 is 35.3 Å². The van der Waals surface area contributed by atoms with Gasteiger partial charge in [-0.25, -0.2) is 4.79 Å². The number of ether oxygens (including phenoxy) is 1. The molecule has 4 aliphatic rings. The maximum atomic E-state index is 13.6. The van der Waals surface area contributed by atoms with Gasteiger partial charge in [-0.3, -0.25) is 24.0 Å². The molecule has 0 aliphatic heterocycles. The molecule has 0 bridgehead atoms. The number of carboxylic acids is 1. The number of ketones is 2. The Hall–Kier alpha value is -3.90. The maximum absolute atomic E-state index is 13.6. The van der Waals surface area contributed by atoms with E-state index in [0.29, 0.717) is 19.3 Å². The van der Waals surface area contributed by atoms with Crippen molar-refractivity contribution in [3.63, 3.8) is 0 Å². The van der Waals surface area contributed by atoms with Crippen LogP contribution in [0.2, 0.25) is 0 Å². The van der Waals surface area contributed by atoms with Gasteiger partial charge in [0.1, 0.15) is 17.7 Å². The summed E-state index contributed by atoms with van der Waals surface area (Å²) in [5, 5.41) is 38.3. The maximum Gasteiger partial charge on any atom is 0.326 e. The lowest BCUT2D eigenvalue weighted by Gasteiger charge is -2.60. The van der Waals surface area contributed by atoms with Gasteiger partial charge < -0.3 is 30.7 Å². The van der Waals surface area contributed by atoms with Crippen LogP contribution in [0.15, 0.2) is 42.0 Å². The molecule has 4 aliphatic carbocycles. The smallest absolute Gasteiger partial charge is 0.326 e. The number of Topliss-reactive ketones (excluding diaryl/α,β-unsaturated/α-hetero) is 1. The van der Waals surface area contributed by atoms with Crippen LogP contribution in [0, 0.1) is 34.5 Å². The predicted octanol–water partition coefficient (Wildman–Crippen LogP) is 3.07. The van der Waals surface area contributed by atoms with E-state index in [2.05, 4.69) is 17.6 Å². The zero-order chi connectivity index (χ0) is 37.3. The Morgan fingerprint density at radius 1 is 0.980 bits per heavy atom. The largest absolute Gasteiger partial charge is 0.480 e. The number of benzene rings is 1. The molecule has 1 aromatic carbocycles. The number of rotatable bonds is 13. The van der Waals surface area contributed by atoms with Gasteiger partial charge in [0, 0.05) is 24.7 Å². The SMILES string of the molecule is CC(C)[C@H](NC(=O)CCC(=O)OCC(=O)[C@@]1(O)CC[C@H]2[C@@H]3CCC4=CC(=O)CC[C@]4(C)[C@H]3[C@@H](O)C[C@@]21C)C(=O)N[C@H](Cc1ccccc1)C(=O)O. The first-order valence-corrected chi connectivity index (χ1v) is 18.2. The van der Waals surface area contributed by atoms with Gasteiger partial charge in [-0.1, -0.05) is 63.6 Å². The average Bonchev–Trinajstić information content (AvgIpc) is 3.35. The standard InChI is InChI=1S/C39H52N2O10/c1-22(2)34(35(47)40-28(36(48)49)18-23-8-6-5-7-9-23)41-31(45)12-13-32(46)51-21-30(44)39(50)17-15-27-26-11-10-24-19-25(42)14-16-37(24,3)33(26)29(43)20-38(27,39)4/h5-9,19,22,26-29,33-34,43,50H,10-18,20-21H2,1-4H3,(H,40,47)(H,41,45)(H,48,49)/t26-,27-,28+,29-,33+,34-,37-,38-,39-/m0/s1. The van der Waals surface area contributed by atoms with Crippen molar-refractivity contribution in [2.45, 2.75) is 116 Å². The summed E-state index contributed by atoms with van der Waals surface area (Å²) in [6.45, 7) is 6.71. The Labute approximate surface area is 298 Å². The second-order valence-corrected chi connectivity index (χ2v) is 15.9. The Morgan fingerprint density at radius 3 is 2.35 bits per heavy atom. The minimum absolute atomic E-state index is 0.0227. The first-order chi connectivity index (χ1) is 24.0. The number of aliphatic carboxylic acids is 1. The summed E-state index contributed by atoms with van der Waals surface area (Å²) < 4.78 is 5.25. The fourth-order valence-corrected chi connectivity index (χ4v) is 9.80. The molecule has 0 spiro atoms. The molecule has 278 valence electrons. The van der Waals surface area contributed by atoms with Gasteiger partial charge >= 0.3 is 11.9 Å². The van der Waals surface area contributed by atoms with Gasteiger partial charge in [0.2, 0.25) is 17.6 Å². The normalized spacial score (nSPS) is 32.4. The third-order valence-electron chi connectivity index (χ3n) is 12.6. The molecule has 3 saturated carbocycles. The molecule has 12 nitrogen and oxygen atoms in total. The molecule has 0 radical (unpaired) electrons. The van der Waals surface area contributed by atoms with Crippen LogP contribution in [0.25, 0.3) is 0 Å². The molecule has 3 fully saturated rings. The van der Waals surface area contributed by atoms with Crippen molar-refractivity contribution < 1.29 is 48.8 Å². The third kappa shape index (κ3) is 7.53. The van der Waals surface area contributed by atoms with Crippen LogP contribution in [0.5, 0.6) is 0 Å². The number of aliphatic hydroxyl groups excluding tert-OH is 1. The number of carboxylic acid groups (broad SMARTS) is 1. The number of nitrogens with one attached hydrogen (secondary N) is 2. The first kappa shape index (κ1) is 38.3. The summed E-state index contributed by atoms with van der Waals surface area (Å²) >= 11 is 0. The van der Waals surface area contributed by atoms with E-state index in [0.717, 1.165) is 24.0 Å². The highest BCUT2D eigenvalue weighted by Gasteiger charge is 2.68. The molecule has 51 heavy (non-hydrogen) atoms. The van der Waals surface area contributed by atoms with Crippen molar-refractivity contribution in [2.75, 3.05) is 6.61 Å². The Morgan fingerprint density at radius 2 is 1.69 bits per heavy atom. The van der Waals surface area contributed by atoms with Crippen molar-refractivity contribution in [1.29, 1.82) is 0 Å². The number of esters is 1. The van der Waals surface area contributed by atoms with Crippen LogP contribution < -0.4 is 10.6 Å². The molecule has 12 heteroatoms. The highest BCUT2D eigenvalue weighted by atomic mass is 16.5. The number of carbonyl (C=O) groups is 6. The van der Waals surface area contributed by atoms with Crippen molar-refractivity contribution in [1.82, 2.24) is 10.6 Å². The van der Waals surface area contributed by atoms with E-state index in [9.17, 15) is 44.1 Å². The second kappa shape index (κ2) is 15.0. The highest BCUT2D eigenvalue weighted by Crippen LogP contribution is 2.67. The number of fused-ring (bicyclic) bond motifs is 5. The molecule has 2 amide bonds. The van der Waals surface area contributed by atoms with E-state index in [1.54, 1.807) is 50.3 Å². The number of allylic oxidation sites excluding steroid dienone is 1. The third-order valence-corrected chi connectivity index (χ3v) is 12.6. The number of carbonyl (C=O) groups excluding carboxylic acids is 5. The highest BCUT2D eigenvalue weighted by molar-refractivity contribution is 5.93. The fourth-order valence-electron chi connectivity index (χ4n) is 9.80. The van der Waals surface area contributed by atoms with E-state index in [4.69, 9.17) is 4.74 Å². The molecular formula is C39H52N2O10. The molecule has 0 saturated heterocycles. The van der Waals surface area contributed by atoms with Crippen LogP contribution in [-0.4, -0.2) is 81.0 Å². The average molecular weight is 709 g/mol. The van der Waals surface area contributed by atoms with Crippen LogP contribution in [0.4, 0.5) is 0 Å². The van der Waals surface area contributed by atoms with Gasteiger partial charge in [-0.05, 0) is 79.3 Å². The number of hydrogen-bond acceptors (Lipinski definition) is 9. The molecule has 0 heterocycles. The number of aliphatic hydroxyl groups is 2. The second-order valence-electron chi connectivity index (χ2n) is 15.9. The zero-order valence-corrected chi connectivity index (χ0v) is 30.0. The molecule has 0 unspecified atom stereocenters. The van der Waals surface area contributed by atoms with Crippen LogP contribution in [-0.2, 0) is 39.9 Å². The number of hydrogen-bond donors (Lipinski definition) is 5. The molecule has 5 N–H and O–H groups in total. The van der Waals surface area contributed by atoms with Crippen molar-refractivity contribution in [3.8, 4) is 0 Å². The quantitative estimate of drug-likeness (QED) is 0.190. The van der Waals surface area contributed by atoms with E-state index < -0.39 is 71.3 Å². The first-order valence-electron chi connectivity index (χ1n) is 18.2. The monoisotopic (exact) mass is 708 g/mol. The minimum Gasteiger partial charge on any atom is -0.480 e. The summed E-state index contributed by atoms with van der Waals surface area (Å²) in [5.74, 6) is -4.25. The van der Waals surface area contributed by atoms with E-state index in [1.807, 2.05) is 6.92 Å². The van der Waals surface area contributed by atoms with Gasteiger partial charge in [0.05, 0.1) is 12.5 Å².